The second kappa shape index (κ2) is 8.96. The van der Waals surface area contributed by atoms with Gasteiger partial charge in [0.1, 0.15) is 6.04 Å². The first-order valence-corrected chi connectivity index (χ1v) is 3.76. The van der Waals surface area contributed by atoms with Gasteiger partial charge >= 0.3 is 5.97 Å². The number of halogens is 1. The number of nitrogens with two attached hydrogens (primary N) is 2. The van der Waals surface area contributed by atoms with E-state index in [1.54, 1.807) is 0 Å². The summed E-state index contributed by atoms with van der Waals surface area (Å²) in [6.45, 7) is 0.647. The lowest BCUT2D eigenvalue weighted by Gasteiger charge is -2.07. The van der Waals surface area contributed by atoms with Gasteiger partial charge in [-0.2, -0.15) is 0 Å². The number of hydrogen-bond donors (Lipinski definition) is 2. The third-order valence-corrected chi connectivity index (χ3v) is 1.47. The molecule has 0 bridgehead atoms. The molecule has 74 valence electrons. The molecule has 0 spiro atoms. The van der Waals surface area contributed by atoms with Crippen LogP contribution in [0.3, 0.4) is 0 Å². The molecule has 1 atom stereocenters. The fourth-order valence-corrected chi connectivity index (χ4v) is 0.778. The predicted octanol–water partition coefficient (Wildman–Crippen LogP) is 0.194. The van der Waals surface area contributed by atoms with Gasteiger partial charge in [-0.05, 0) is 19.4 Å². The summed E-state index contributed by atoms with van der Waals surface area (Å²) in [6.07, 6.45) is 2.45. The highest BCUT2D eigenvalue weighted by Gasteiger charge is 2.11. The van der Waals surface area contributed by atoms with Crippen molar-refractivity contribution in [2.75, 3.05) is 13.7 Å². The quantitative estimate of drug-likeness (QED) is 0.532. The molecule has 4 N–H and O–H groups in total. The monoisotopic (exact) mass is 240 g/mol. The van der Waals surface area contributed by atoms with Crippen LogP contribution >= 0.6 is 17.0 Å². The number of esters is 1. The number of ether oxygens (including phenoxy) is 1. The smallest absolute Gasteiger partial charge is 0.322 e. The second-order valence-corrected chi connectivity index (χ2v) is 2.41. The Labute approximate surface area is 83.4 Å². The van der Waals surface area contributed by atoms with E-state index in [1.165, 1.54) is 7.11 Å². The highest BCUT2D eigenvalue weighted by atomic mass is 79.9. The first-order valence-electron chi connectivity index (χ1n) is 3.76. The van der Waals surface area contributed by atoms with E-state index >= 15 is 0 Å². The van der Waals surface area contributed by atoms with Gasteiger partial charge in [-0.15, -0.1) is 17.0 Å². The van der Waals surface area contributed by atoms with E-state index in [0.717, 1.165) is 12.8 Å². The first kappa shape index (κ1) is 14.4. The summed E-state index contributed by atoms with van der Waals surface area (Å²) < 4.78 is 4.45. The van der Waals surface area contributed by atoms with Crippen LogP contribution in [0, 0.1) is 0 Å². The summed E-state index contributed by atoms with van der Waals surface area (Å²) in [6, 6.07) is -0.480. The standard InChI is InChI=1S/C7H16N2O2.BrH/c1-11-7(10)6(9)4-2-3-5-8;/h6H,2-5,8-9H2,1H3;1H. The number of rotatable bonds is 5. The Morgan fingerprint density at radius 3 is 2.50 bits per heavy atom. The predicted molar refractivity (Wildman–Crippen MR) is 53.2 cm³/mol. The van der Waals surface area contributed by atoms with Crippen molar-refractivity contribution in [3.05, 3.63) is 0 Å². The lowest BCUT2D eigenvalue weighted by atomic mass is 10.1. The summed E-state index contributed by atoms with van der Waals surface area (Å²) in [4.78, 5) is 10.7. The normalized spacial score (nSPS) is 11.6. The van der Waals surface area contributed by atoms with E-state index in [9.17, 15) is 4.79 Å². The van der Waals surface area contributed by atoms with Crippen LogP contribution in [0.25, 0.3) is 0 Å². The zero-order valence-corrected chi connectivity index (χ0v) is 9.00. The summed E-state index contributed by atoms with van der Waals surface area (Å²) in [5, 5.41) is 0. The SMILES string of the molecule is Br.COC(=O)C(N)CCCCN. The van der Waals surface area contributed by atoms with Crippen LogP contribution in [0.4, 0.5) is 0 Å². The summed E-state index contributed by atoms with van der Waals surface area (Å²) in [5.41, 5.74) is 10.7. The van der Waals surface area contributed by atoms with E-state index < -0.39 is 6.04 Å². The highest BCUT2D eigenvalue weighted by Crippen LogP contribution is 1.98. The van der Waals surface area contributed by atoms with Crippen molar-refractivity contribution in [1.29, 1.82) is 0 Å². The van der Waals surface area contributed by atoms with Crippen molar-refractivity contribution in [3.8, 4) is 0 Å². The molecule has 12 heavy (non-hydrogen) atoms. The van der Waals surface area contributed by atoms with Crippen molar-refractivity contribution in [2.24, 2.45) is 11.5 Å². The number of methoxy groups -OCH3 is 1. The zero-order valence-electron chi connectivity index (χ0n) is 7.29. The van der Waals surface area contributed by atoms with E-state index in [0.29, 0.717) is 13.0 Å². The molecule has 0 aliphatic carbocycles. The molecule has 0 fully saturated rings. The van der Waals surface area contributed by atoms with Crippen molar-refractivity contribution >= 4 is 23.0 Å². The Kier molecular flexibility index (Phi) is 10.8. The Morgan fingerprint density at radius 2 is 2.08 bits per heavy atom. The van der Waals surface area contributed by atoms with Crippen molar-refractivity contribution in [3.63, 3.8) is 0 Å². The van der Waals surface area contributed by atoms with E-state index in [-0.39, 0.29) is 23.0 Å². The van der Waals surface area contributed by atoms with Gasteiger partial charge in [0, 0.05) is 0 Å². The molecule has 0 saturated heterocycles. The summed E-state index contributed by atoms with van der Waals surface area (Å²) in [7, 11) is 1.34. The van der Waals surface area contributed by atoms with Crippen molar-refractivity contribution < 1.29 is 9.53 Å². The van der Waals surface area contributed by atoms with E-state index in [4.69, 9.17) is 11.5 Å². The number of carbonyl (C=O) groups is 1. The fraction of sp³-hybridized carbons (Fsp3) is 0.857. The second-order valence-electron chi connectivity index (χ2n) is 2.41. The van der Waals surface area contributed by atoms with Crippen molar-refractivity contribution in [1.82, 2.24) is 0 Å². The number of unbranched alkanes of at least 4 members (excludes halogenated alkanes) is 1. The van der Waals surface area contributed by atoms with Crippen LogP contribution in [-0.2, 0) is 9.53 Å². The minimum Gasteiger partial charge on any atom is -0.468 e. The van der Waals surface area contributed by atoms with Crippen LogP contribution < -0.4 is 11.5 Å². The molecule has 0 aromatic heterocycles. The van der Waals surface area contributed by atoms with Gasteiger partial charge in [0.15, 0.2) is 0 Å². The van der Waals surface area contributed by atoms with Gasteiger partial charge < -0.3 is 16.2 Å². The maximum absolute atomic E-state index is 10.7. The third-order valence-electron chi connectivity index (χ3n) is 1.47. The first-order chi connectivity index (χ1) is 5.22. The molecule has 0 amide bonds. The van der Waals surface area contributed by atoms with Crippen LogP contribution in [0.1, 0.15) is 19.3 Å². The van der Waals surface area contributed by atoms with Crippen LogP contribution in [0.15, 0.2) is 0 Å². The molecule has 0 rings (SSSR count). The fourth-order valence-electron chi connectivity index (χ4n) is 0.778. The molecular formula is C7H17BrN2O2. The Morgan fingerprint density at radius 1 is 1.50 bits per heavy atom. The minimum atomic E-state index is -0.480. The molecular weight excluding hydrogens is 224 g/mol. The summed E-state index contributed by atoms with van der Waals surface area (Å²) in [5.74, 6) is -0.345. The molecule has 1 unspecified atom stereocenters. The van der Waals surface area contributed by atoms with Crippen LogP contribution in [-0.4, -0.2) is 25.7 Å². The molecule has 0 aliphatic rings. The largest absolute Gasteiger partial charge is 0.468 e. The third kappa shape index (κ3) is 6.57. The molecule has 0 radical (unpaired) electrons. The van der Waals surface area contributed by atoms with E-state index in [2.05, 4.69) is 4.74 Å². The van der Waals surface area contributed by atoms with Gasteiger partial charge in [-0.3, -0.25) is 4.79 Å². The number of carbonyl (C=O) groups excluding carboxylic acids is 1. The Bertz CT molecular complexity index is 122. The summed E-state index contributed by atoms with van der Waals surface area (Å²) >= 11 is 0. The topological polar surface area (TPSA) is 78.3 Å². The average molecular weight is 241 g/mol. The van der Waals surface area contributed by atoms with E-state index in [1.807, 2.05) is 0 Å². The lowest BCUT2D eigenvalue weighted by Crippen LogP contribution is -2.31. The molecule has 0 aliphatic heterocycles. The number of hydrogen-bond acceptors (Lipinski definition) is 4. The molecule has 0 saturated carbocycles. The Balaban J connectivity index is 0. The maximum Gasteiger partial charge on any atom is 0.322 e. The van der Waals surface area contributed by atoms with Crippen molar-refractivity contribution in [2.45, 2.75) is 25.3 Å². The Hall–Kier alpha value is -0.130. The maximum atomic E-state index is 10.7. The zero-order chi connectivity index (χ0) is 8.69. The van der Waals surface area contributed by atoms with Gasteiger partial charge in [-0.1, -0.05) is 6.42 Å². The molecule has 0 heterocycles. The minimum absolute atomic E-state index is 0. The van der Waals surface area contributed by atoms with Gasteiger partial charge in [0.05, 0.1) is 7.11 Å². The van der Waals surface area contributed by atoms with Gasteiger partial charge in [0.25, 0.3) is 0 Å². The molecule has 5 heteroatoms. The molecule has 4 nitrogen and oxygen atoms in total. The lowest BCUT2D eigenvalue weighted by molar-refractivity contribution is -0.142. The van der Waals surface area contributed by atoms with Crippen LogP contribution in [0.5, 0.6) is 0 Å². The van der Waals surface area contributed by atoms with Gasteiger partial charge in [-0.25, -0.2) is 0 Å². The van der Waals surface area contributed by atoms with Gasteiger partial charge in [0.2, 0.25) is 0 Å². The molecule has 0 aromatic carbocycles. The highest BCUT2D eigenvalue weighted by molar-refractivity contribution is 8.93. The average Bonchev–Trinajstić information content (AvgIpc) is 2.03. The van der Waals surface area contributed by atoms with Crippen LogP contribution in [0.2, 0.25) is 0 Å². The molecule has 0 aromatic rings.